The first kappa shape index (κ1) is 19.5. The number of halogens is 1. The first-order valence-corrected chi connectivity index (χ1v) is 9.43. The molecule has 1 N–H and O–H groups in total. The van der Waals surface area contributed by atoms with E-state index in [0.717, 1.165) is 22.6 Å². The van der Waals surface area contributed by atoms with Crippen LogP contribution in [-0.2, 0) is 7.05 Å². The molecule has 144 valence electrons. The number of hydrogen-bond acceptors (Lipinski definition) is 3. The van der Waals surface area contributed by atoms with E-state index >= 15 is 0 Å². The number of urea groups is 1. The van der Waals surface area contributed by atoms with Crippen molar-refractivity contribution in [1.29, 1.82) is 0 Å². The Hall–Kier alpha value is -2.31. The number of aryl methyl sites for hydroxylation is 1. The molecule has 0 aliphatic carbocycles. The van der Waals surface area contributed by atoms with E-state index in [-0.39, 0.29) is 11.8 Å². The van der Waals surface area contributed by atoms with Crippen LogP contribution >= 0.6 is 11.6 Å². The number of ketones is 1. The van der Waals surface area contributed by atoms with E-state index < -0.39 is 0 Å². The zero-order valence-electron chi connectivity index (χ0n) is 16.0. The maximum atomic E-state index is 12.6. The second-order valence-corrected chi connectivity index (χ2v) is 7.40. The lowest BCUT2D eigenvalue weighted by Crippen LogP contribution is -2.51. The first-order valence-electron chi connectivity index (χ1n) is 9.05. The number of Topliss-reactive ketones (excluding diaryl/α,β-unsaturated/α-hetero) is 1. The monoisotopic (exact) mass is 388 g/mol. The van der Waals surface area contributed by atoms with Crippen LogP contribution in [0.4, 0.5) is 10.5 Å². The Labute approximate surface area is 164 Å². The quantitative estimate of drug-likeness (QED) is 0.817. The molecule has 1 saturated heterocycles. The fourth-order valence-corrected chi connectivity index (χ4v) is 3.40. The predicted octanol–water partition coefficient (Wildman–Crippen LogP) is 3.33. The van der Waals surface area contributed by atoms with Crippen LogP contribution < -0.4 is 5.32 Å². The summed E-state index contributed by atoms with van der Waals surface area (Å²) in [6.07, 6.45) is 0. The molecule has 1 aromatic carbocycles. The van der Waals surface area contributed by atoms with Crippen molar-refractivity contribution in [2.75, 3.05) is 38.0 Å². The van der Waals surface area contributed by atoms with Gasteiger partial charge in [-0.05, 0) is 44.2 Å². The summed E-state index contributed by atoms with van der Waals surface area (Å²) < 4.78 is 2.03. The second-order valence-electron chi connectivity index (χ2n) is 6.97. The maximum absolute atomic E-state index is 12.6. The molecule has 2 amide bonds. The molecule has 6 nitrogen and oxygen atoms in total. The molecule has 3 rings (SSSR count). The number of anilines is 1. The number of benzene rings is 1. The van der Waals surface area contributed by atoms with Crippen molar-refractivity contribution in [2.24, 2.45) is 7.05 Å². The number of amides is 2. The zero-order chi connectivity index (χ0) is 19.6. The van der Waals surface area contributed by atoms with Crippen molar-refractivity contribution in [1.82, 2.24) is 14.4 Å². The van der Waals surface area contributed by atoms with Crippen molar-refractivity contribution in [3.8, 4) is 0 Å². The topological polar surface area (TPSA) is 57.6 Å². The molecule has 0 atom stereocenters. The molecule has 1 aliphatic rings. The van der Waals surface area contributed by atoms with E-state index in [9.17, 15) is 9.59 Å². The van der Waals surface area contributed by atoms with Gasteiger partial charge in [0.2, 0.25) is 0 Å². The van der Waals surface area contributed by atoms with Crippen molar-refractivity contribution >= 4 is 29.1 Å². The van der Waals surface area contributed by atoms with E-state index in [1.165, 1.54) is 0 Å². The number of hydrogen-bond donors (Lipinski definition) is 1. The minimum absolute atomic E-state index is 0.127. The van der Waals surface area contributed by atoms with Crippen molar-refractivity contribution in [3.05, 3.63) is 52.3 Å². The minimum Gasteiger partial charge on any atom is -0.351 e. The molecule has 0 spiro atoms. The molecular weight excluding hydrogens is 364 g/mol. The Kier molecular flexibility index (Phi) is 5.87. The van der Waals surface area contributed by atoms with Gasteiger partial charge in [-0.3, -0.25) is 9.69 Å². The van der Waals surface area contributed by atoms with E-state index in [4.69, 9.17) is 11.6 Å². The van der Waals surface area contributed by atoms with Crippen molar-refractivity contribution < 1.29 is 9.59 Å². The molecule has 0 unspecified atom stereocenters. The van der Waals surface area contributed by atoms with Gasteiger partial charge < -0.3 is 14.8 Å². The van der Waals surface area contributed by atoms with Gasteiger partial charge in [-0.15, -0.1) is 0 Å². The van der Waals surface area contributed by atoms with Crippen LogP contribution in [0.3, 0.4) is 0 Å². The van der Waals surface area contributed by atoms with Gasteiger partial charge in [0.15, 0.2) is 5.78 Å². The third-order valence-corrected chi connectivity index (χ3v) is 5.45. The Balaban J connectivity index is 1.51. The van der Waals surface area contributed by atoms with Gasteiger partial charge in [-0.1, -0.05) is 11.6 Å². The lowest BCUT2D eigenvalue weighted by molar-refractivity contribution is 0.0883. The van der Waals surface area contributed by atoms with Crippen molar-refractivity contribution in [2.45, 2.75) is 13.8 Å². The van der Waals surface area contributed by atoms with Gasteiger partial charge in [-0.25, -0.2) is 4.79 Å². The SMILES string of the molecule is Cc1cc(C(=O)CN2CCN(C(=O)Nc3ccc(Cl)cc3)CC2)c(C)n1C. The van der Waals surface area contributed by atoms with Crippen LogP contribution in [-0.4, -0.2) is 58.9 Å². The number of nitrogens with one attached hydrogen (secondary N) is 1. The van der Waals surface area contributed by atoms with Gasteiger partial charge >= 0.3 is 6.03 Å². The molecule has 1 aromatic heterocycles. The average molecular weight is 389 g/mol. The number of aromatic nitrogens is 1. The summed E-state index contributed by atoms with van der Waals surface area (Å²) >= 11 is 5.86. The third kappa shape index (κ3) is 4.51. The Bertz CT molecular complexity index is 836. The van der Waals surface area contributed by atoms with Crippen LogP contribution in [0.25, 0.3) is 0 Å². The van der Waals surface area contributed by atoms with Crippen LogP contribution in [0.5, 0.6) is 0 Å². The lowest BCUT2D eigenvalue weighted by atomic mass is 10.1. The summed E-state index contributed by atoms with van der Waals surface area (Å²) in [6.45, 7) is 6.92. The second kappa shape index (κ2) is 8.15. The Morgan fingerprint density at radius 2 is 1.70 bits per heavy atom. The van der Waals surface area contributed by atoms with Crippen molar-refractivity contribution in [3.63, 3.8) is 0 Å². The zero-order valence-corrected chi connectivity index (χ0v) is 16.7. The molecule has 27 heavy (non-hydrogen) atoms. The highest BCUT2D eigenvalue weighted by atomic mass is 35.5. The molecule has 0 saturated carbocycles. The molecule has 0 radical (unpaired) electrons. The fourth-order valence-electron chi connectivity index (χ4n) is 3.27. The number of piperazine rings is 1. The highest BCUT2D eigenvalue weighted by molar-refractivity contribution is 6.30. The summed E-state index contributed by atoms with van der Waals surface area (Å²) in [5, 5.41) is 3.51. The van der Waals surface area contributed by atoms with Gasteiger partial charge in [-0.2, -0.15) is 0 Å². The summed E-state index contributed by atoms with van der Waals surface area (Å²) in [6, 6.07) is 8.87. The average Bonchev–Trinajstić information content (AvgIpc) is 2.91. The number of nitrogens with zero attached hydrogens (tertiary/aromatic N) is 3. The largest absolute Gasteiger partial charge is 0.351 e. The van der Waals surface area contributed by atoms with Gasteiger partial charge in [0.05, 0.1) is 6.54 Å². The van der Waals surface area contributed by atoms with Crippen LogP contribution in [0.2, 0.25) is 5.02 Å². The van der Waals surface area contributed by atoms with E-state index in [1.54, 1.807) is 29.2 Å². The number of carbonyl (C=O) groups is 2. The van der Waals surface area contributed by atoms with Gasteiger partial charge in [0, 0.05) is 60.9 Å². The standard InChI is InChI=1S/C20H25ClN4O2/c1-14-12-18(15(2)23(14)3)19(26)13-24-8-10-25(11-9-24)20(27)22-17-6-4-16(21)5-7-17/h4-7,12H,8-11,13H2,1-3H3,(H,22,27). The van der Waals surface area contributed by atoms with Crippen LogP contribution in [0, 0.1) is 13.8 Å². The van der Waals surface area contributed by atoms with Gasteiger partial charge in [0.1, 0.15) is 0 Å². The molecule has 2 heterocycles. The van der Waals surface area contributed by atoms with Crippen LogP contribution in [0.15, 0.2) is 30.3 Å². The molecular formula is C20H25ClN4O2. The number of rotatable bonds is 4. The third-order valence-electron chi connectivity index (χ3n) is 5.20. The number of carbonyl (C=O) groups excluding carboxylic acids is 2. The Morgan fingerprint density at radius 3 is 2.26 bits per heavy atom. The summed E-state index contributed by atoms with van der Waals surface area (Å²) in [4.78, 5) is 28.9. The van der Waals surface area contributed by atoms with E-state index in [2.05, 4.69) is 10.2 Å². The van der Waals surface area contributed by atoms with Gasteiger partial charge in [0.25, 0.3) is 0 Å². The molecule has 2 aromatic rings. The Morgan fingerprint density at radius 1 is 1.07 bits per heavy atom. The molecule has 7 heteroatoms. The molecule has 1 aliphatic heterocycles. The normalized spacial score (nSPS) is 15.0. The summed E-state index contributed by atoms with van der Waals surface area (Å²) in [7, 11) is 1.97. The lowest BCUT2D eigenvalue weighted by Gasteiger charge is -2.34. The van der Waals surface area contributed by atoms with E-state index in [0.29, 0.717) is 37.7 Å². The predicted molar refractivity (Wildman–Crippen MR) is 108 cm³/mol. The summed E-state index contributed by atoms with van der Waals surface area (Å²) in [5.74, 6) is 0.135. The summed E-state index contributed by atoms with van der Waals surface area (Å²) in [5.41, 5.74) is 3.59. The highest BCUT2D eigenvalue weighted by Crippen LogP contribution is 2.16. The minimum atomic E-state index is -0.127. The maximum Gasteiger partial charge on any atom is 0.321 e. The smallest absolute Gasteiger partial charge is 0.321 e. The fraction of sp³-hybridized carbons (Fsp3) is 0.400. The molecule has 0 bridgehead atoms. The highest BCUT2D eigenvalue weighted by Gasteiger charge is 2.24. The van der Waals surface area contributed by atoms with E-state index in [1.807, 2.05) is 31.5 Å². The van der Waals surface area contributed by atoms with Crippen LogP contribution in [0.1, 0.15) is 21.7 Å². The first-order chi connectivity index (χ1) is 12.8. The molecule has 1 fully saturated rings.